The van der Waals surface area contributed by atoms with Gasteiger partial charge in [-0.1, -0.05) is 0 Å². The van der Waals surface area contributed by atoms with E-state index in [1.54, 1.807) is 28.2 Å². The number of nitrogens with one attached hydrogen (secondary N) is 1. The summed E-state index contributed by atoms with van der Waals surface area (Å²) in [6, 6.07) is 7.94. The lowest BCUT2D eigenvalue weighted by Crippen LogP contribution is -2.31. The lowest BCUT2D eigenvalue weighted by molar-refractivity contribution is -0.116. The Labute approximate surface area is 159 Å². The summed E-state index contributed by atoms with van der Waals surface area (Å²) in [7, 11) is 0. The molecule has 1 aliphatic heterocycles. The highest BCUT2D eigenvalue weighted by Gasteiger charge is 2.38. The smallest absolute Gasteiger partial charge is 0.226 e. The predicted molar refractivity (Wildman–Crippen MR) is 102 cm³/mol. The molecule has 2 aliphatic rings. The monoisotopic (exact) mass is 380 g/mol. The van der Waals surface area contributed by atoms with Crippen molar-refractivity contribution in [1.29, 1.82) is 0 Å². The van der Waals surface area contributed by atoms with E-state index >= 15 is 0 Å². The van der Waals surface area contributed by atoms with Crippen molar-refractivity contribution >= 4 is 23.1 Å². The van der Waals surface area contributed by atoms with Crippen LogP contribution in [0.1, 0.15) is 35.7 Å². The maximum Gasteiger partial charge on any atom is 0.226 e. The molecule has 27 heavy (non-hydrogen) atoms. The molecule has 1 aliphatic carbocycles. The summed E-state index contributed by atoms with van der Waals surface area (Å²) >= 11 is 1.63. The van der Waals surface area contributed by atoms with Crippen LogP contribution in [-0.4, -0.2) is 20.5 Å². The molecule has 1 aromatic carbocycles. The molecule has 1 unspecified atom stereocenters. The Bertz CT molecular complexity index is 1080. The van der Waals surface area contributed by atoms with Gasteiger partial charge in [0.1, 0.15) is 11.9 Å². The Balaban J connectivity index is 1.68. The van der Waals surface area contributed by atoms with Crippen LogP contribution in [0.3, 0.4) is 0 Å². The molecule has 5 rings (SSSR count). The average Bonchev–Trinajstić information content (AvgIpc) is 3.27. The van der Waals surface area contributed by atoms with Gasteiger partial charge < -0.3 is 5.32 Å². The van der Waals surface area contributed by atoms with Crippen molar-refractivity contribution in [3.05, 3.63) is 63.2 Å². The van der Waals surface area contributed by atoms with Crippen molar-refractivity contribution in [2.75, 3.05) is 5.32 Å². The van der Waals surface area contributed by atoms with Gasteiger partial charge in [0.25, 0.3) is 0 Å². The molecule has 0 saturated carbocycles. The fraction of sp³-hybridized carbons (Fsp3) is 0.250. The zero-order valence-electron chi connectivity index (χ0n) is 14.7. The highest BCUT2D eigenvalue weighted by atomic mass is 32.1. The van der Waals surface area contributed by atoms with Crippen LogP contribution in [0.25, 0.3) is 11.4 Å². The predicted octanol–water partition coefficient (Wildman–Crippen LogP) is 4.48. The van der Waals surface area contributed by atoms with Crippen molar-refractivity contribution in [3.8, 4) is 11.4 Å². The number of thiophene rings is 1. The molecule has 0 bridgehead atoms. The Morgan fingerprint density at radius 3 is 2.78 bits per heavy atom. The molecule has 7 heteroatoms. The summed E-state index contributed by atoms with van der Waals surface area (Å²) in [4.78, 5) is 18.5. The highest BCUT2D eigenvalue weighted by molar-refractivity contribution is 7.10. The van der Waals surface area contributed by atoms with Gasteiger partial charge in [-0.25, -0.2) is 9.07 Å². The number of carbonyl (C=O) groups excluding carboxylic acids is 1. The van der Waals surface area contributed by atoms with E-state index in [1.807, 2.05) is 5.38 Å². The number of nitrogens with zero attached hydrogens (tertiary/aromatic N) is 3. The first-order chi connectivity index (χ1) is 13.1. The zero-order valence-corrected chi connectivity index (χ0v) is 15.5. The fourth-order valence-corrected chi connectivity index (χ4v) is 4.80. The van der Waals surface area contributed by atoms with E-state index in [-0.39, 0.29) is 17.6 Å². The number of aromatic nitrogens is 3. The van der Waals surface area contributed by atoms with Gasteiger partial charge in [-0.3, -0.25) is 4.79 Å². The third-order valence-corrected chi connectivity index (χ3v) is 6.19. The molecular weight excluding hydrogens is 363 g/mol. The second-order valence-electron chi connectivity index (χ2n) is 6.87. The van der Waals surface area contributed by atoms with E-state index in [0.717, 1.165) is 40.1 Å². The molecule has 0 fully saturated rings. The minimum atomic E-state index is -0.296. The Hall–Kier alpha value is -2.80. The van der Waals surface area contributed by atoms with Crippen LogP contribution in [0.2, 0.25) is 0 Å². The van der Waals surface area contributed by atoms with Crippen LogP contribution in [0.15, 0.2) is 47.0 Å². The minimum absolute atomic E-state index is 0.172. The van der Waals surface area contributed by atoms with Crippen molar-refractivity contribution in [1.82, 2.24) is 14.8 Å². The number of halogens is 1. The SMILES string of the molecule is Cc1ccsc1C1C2=C(CCCC2=O)Nc2nc(-c3ccc(F)cc3)nn21. The maximum atomic E-state index is 13.3. The number of aryl methyl sites for hydroxylation is 1. The van der Waals surface area contributed by atoms with E-state index in [4.69, 9.17) is 5.10 Å². The second kappa shape index (κ2) is 6.13. The first-order valence-electron chi connectivity index (χ1n) is 8.91. The standard InChI is InChI=1S/C20H17FN4OS/c1-11-9-10-27-18(11)17-16-14(3-2-4-15(16)26)22-20-23-19(24-25(17)20)12-5-7-13(21)8-6-12/h5-10,17H,2-4H2,1H3,(H,22,23,24). The number of Topliss-reactive ketones (excluding diaryl/α,β-unsaturated/α-hetero) is 1. The molecule has 0 amide bonds. The van der Waals surface area contributed by atoms with Gasteiger partial charge in [-0.15, -0.1) is 16.4 Å². The van der Waals surface area contributed by atoms with Crippen LogP contribution < -0.4 is 5.32 Å². The fourth-order valence-electron chi connectivity index (χ4n) is 3.78. The Morgan fingerprint density at radius 1 is 1.22 bits per heavy atom. The normalized spacial score (nSPS) is 18.9. The van der Waals surface area contributed by atoms with Gasteiger partial charge in [0.05, 0.1) is 0 Å². The van der Waals surface area contributed by atoms with E-state index in [0.29, 0.717) is 18.2 Å². The van der Waals surface area contributed by atoms with E-state index in [2.05, 4.69) is 23.3 Å². The quantitative estimate of drug-likeness (QED) is 0.712. The summed E-state index contributed by atoms with van der Waals surface area (Å²) < 4.78 is 15.1. The summed E-state index contributed by atoms with van der Waals surface area (Å²) in [6.45, 7) is 2.05. The van der Waals surface area contributed by atoms with Crippen LogP contribution in [-0.2, 0) is 4.79 Å². The lowest BCUT2D eigenvalue weighted by atomic mass is 9.87. The molecule has 1 atom stereocenters. The van der Waals surface area contributed by atoms with E-state index < -0.39 is 0 Å². The number of hydrogen-bond acceptors (Lipinski definition) is 5. The summed E-state index contributed by atoms with van der Waals surface area (Å²) in [5.74, 6) is 1.02. The first kappa shape index (κ1) is 16.4. The van der Waals surface area contributed by atoms with Crippen LogP contribution in [0.4, 0.5) is 10.3 Å². The number of ketones is 1. The third-order valence-electron chi connectivity index (χ3n) is 5.12. The molecule has 0 spiro atoms. The molecule has 0 saturated heterocycles. The average molecular weight is 380 g/mol. The number of carbonyl (C=O) groups is 1. The molecule has 3 aromatic rings. The van der Waals surface area contributed by atoms with Gasteiger partial charge in [-0.05, 0) is 61.0 Å². The Morgan fingerprint density at radius 2 is 2.04 bits per heavy atom. The van der Waals surface area contributed by atoms with Gasteiger partial charge >= 0.3 is 0 Å². The second-order valence-corrected chi connectivity index (χ2v) is 7.82. The maximum absolute atomic E-state index is 13.3. The van der Waals surface area contributed by atoms with Gasteiger partial charge in [-0.2, -0.15) is 4.98 Å². The van der Waals surface area contributed by atoms with Crippen molar-refractivity contribution in [2.45, 2.75) is 32.2 Å². The van der Waals surface area contributed by atoms with Crippen LogP contribution >= 0.6 is 11.3 Å². The molecule has 0 radical (unpaired) electrons. The molecule has 136 valence electrons. The summed E-state index contributed by atoms with van der Waals surface area (Å²) in [6.07, 6.45) is 2.25. The van der Waals surface area contributed by atoms with Crippen LogP contribution in [0.5, 0.6) is 0 Å². The van der Waals surface area contributed by atoms with Crippen molar-refractivity contribution in [2.24, 2.45) is 0 Å². The molecule has 3 heterocycles. The number of hydrogen-bond donors (Lipinski definition) is 1. The zero-order chi connectivity index (χ0) is 18.5. The molecular formula is C20H17FN4OS. The van der Waals surface area contributed by atoms with Gasteiger partial charge in [0.15, 0.2) is 11.6 Å². The number of fused-ring (bicyclic) bond motifs is 1. The van der Waals surface area contributed by atoms with Crippen LogP contribution in [0, 0.1) is 12.7 Å². The topological polar surface area (TPSA) is 59.8 Å². The van der Waals surface area contributed by atoms with E-state index in [9.17, 15) is 9.18 Å². The largest absolute Gasteiger partial charge is 0.328 e. The number of anilines is 1. The summed E-state index contributed by atoms with van der Waals surface area (Å²) in [5, 5.41) is 10.1. The third kappa shape index (κ3) is 2.61. The van der Waals surface area contributed by atoms with E-state index in [1.165, 1.54) is 12.1 Å². The first-order valence-corrected chi connectivity index (χ1v) is 9.79. The van der Waals surface area contributed by atoms with Gasteiger partial charge in [0.2, 0.25) is 5.95 Å². The number of allylic oxidation sites excluding steroid dienone is 2. The molecule has 1 N–H and O–H groups in total. The number of benzene rings is 1. The minimum Gasteiger partial charge on any atom is -0.328 e. The van der Waals surface area contributed by atoms with Gasteiger partial charge in [0, 0.05) is 28.1 Å². The summed E-state index contributed by atoms with van der Waals surface area (Å²) in [5.41, 5.74) is 3.64. The Kier molecular flexibility index (Phi) is 3.72. The van der Waals surface area contributed by atoms with Crippen molar-refractivity contribution < 1.29 is 9.18 Å². The molecule has 5 nitrogen and oxygen atoms in total. The lowest BCUT2D eigenvalue weighted by Gasteiger charge is -2.31. The molecule has 2 aromatic heterocycles. The highest BCUT2D eigenvalue weighted by Crippen LogP contribution is 2.43. The van der Waals surface area contributed by atoms with Crippen molar-refractivity contribution in [3.63, 3.8) is 0 Å². The number of rotatable bonds is 2.